The van der Waals surface area contributed by atoms with Crippen LogP contribution in [0.15, 0.2) is 42.5 Å². The molecule has 5 heteroatoms. The topological polar surface area (TPSA) is 49.9 Å². The Morgan fingerprint density at radius 3 is 2.48 bits per heavy atom. The summed E-state index contributed by atoms with van der Waals surface area (Å²) in [5.41, 5.74) is 0. The number of amides is 2. The van der Waals surface area contributed by atoms with E-state index < -0.39 is 6.10 Å². The second kappa shape index (κ2) is 6.69. The summed E-state index contributed by atoms with van der Waals surface area (Å²) in [5, 5.41) is 2.23. The Labute approximate surface area is 135 Å². The van der Waals surface area contributed by atoms with Crippen molar-refractivity contribution in [3.63, 3.8) is 0 Å². The van der Waals surface area contributed by atoms with Crippen molar-refractivity contribution in [1.29, 1.82) is 0 Å². The van der Waals surface area contributed by atoms with E-state index in [1.165, 1.54) is 0 Å². The molecule has 0 bridgehead atoms. The Kier molecular flexibility index (Phi) is 4.46. The predicted octanol–water partition coefficient (Wildman–Crippen LogP) is 1.91. The maximum atomic E-state index is 12.5. The first-order chi connectivity index (χ1) is 11.2. The normalized spacial score (nSPS) is 16.2. The number of carbonyl (C=O) groups is 2. The number of hydrogen-bond acceptors (Lipinski definition) is 3. The molecule has 1 aliphatic rings. The molecule has 0 spiro atoms. The van der Waals surface area contributed by atoms with Crippen LogP contribution in [0.25, 0.3) is 10.8 Å². The molecule has 1 aliphatic heterocycles. The minimum atomic E-state index is -0.543. The van der Waals surface area contributed by atoms with Crippen molar-refractivity contribution < 1.29 is 14.3 Å². The average Bonchev–Trinajstić information content (AvgIpc) is 2.61. The van der Waals surface area contributed by atoms with Crippen LogP contribution in [-0.2, 0) is 9.59 Å². The summed E-state index contributed by atoms with van der Waals surface area (Å²) in [7, 11) is 0. The van der Waals surface area contributed by atoms with Crippen LogP contribution in [0.1, 0.15) is 6.92 Å². The highest BCUT2D eigenvalue weighted by molar-refractivity contribution is 5.84. The molecule has 1 fully saturated rings. The Balaban J connectivity index is 1.64. The molecule has 3 rings (SSSR count). The number of hydrogen-bond donors (Lipinski definition) is 0. The van der Waals surface area contributed by atoms with Gasteiger partial charge in [-0.3, -0.25) is 9.59 Å². The quantitative estimate of drug-likeness (QED) is 0.810. The first-order valence-electron chi connectivity index (χ1n) is 7.81. The second-order valence-corrected chi connectivity index (χ2v) is 5.74. The van der Waals surface area contributed by atoms with Gasteiger partial charge in [-0.15, -0.1) is 0 Å². The Hall–Kier alpha value is -2.56. The van der Waals surface area contributed by atoms with Gasteiger partial charge in [0.05, 0.1) is 0 Å². The third-order valence-electron chi connectivity index (χ3n) is 4.16. The zero-order valence-corrected chi connectivity index (χ0v) is 13.1. The summed E-state index contributed by atoms with van der Waals surface area (Å²) in [4.78, 5) is 26.6. The van der Waals surface area contributed by atoms with Gasteiger partial charge in [0.1, 0.15) is 5.75 Å². The second-order valence-electron chi connectivity index (χ2n) is 5.74. The molecule has 5 nitrogen and oxygen atoms in total. The summed E-state index contributed by atoms with van der Waals surface area (Å²) >= 11 is 0. The van der Waals surface area contributed by atoms with Gasteiger partial charge in [0, 0.05) is 26.2 Å². The van der Waals surface area contributed by atoms with Crippen LogP contribution >= 0.6 is 0 Å². The van der Waals surface area contributed by atoms with Crippen molar-refractivity contribution in [2.45, 2.75) is 13.0 Å². The predicted molar refractivity (Wildman–Crippen MR) is 88.3 cm³/mol. The molecule has 1 saturated heterocycles. The lowest BCUT2D eigenvalue weighted by Crippen LogP contribution is -2.51. The molecule has 0 N–H and O–H groups in total. The van der Waals surface area contributed by atoms with Crippen LogP contribution in [0.3, 0.4) is 0 Å². The molecule has 0 saturated carbocycles. The Morgan fingerprint density at radius 2 is 1.78 bits per heavy atom. The van der Waals surface area contributed by atoms with Gasteiger partial charge in [-0.2, -0.15) is 0 Å². The fourth-order valence-corrected chi connectivity index (χ4v) is 2.80. The molecule has 0 radical (unpaired) electrons. The molecule has 2 aromatic rings. The standard InChI is InChI=1S/C18H20N2O3/c1-14(18(22)20-10-8-19(13-21)9-11-20)23-17-7-6-15-4-2-3-5-16(15)12-17/h2-7,12-14H,8-11H2,1H3. The van der Waals surface area contributed by atoms with Crippen molar-refractivity contribution in [3.05, 3.63) is 42.5 Å². The van der Waals surface area contributed by atoms with Crippen molar-refractivity contribution in [2.75, 3.05) is 26.2 Å². The van der Waals surface area contributed by atoms with Crippen LogP contribution in [-0.4, -0.2) is 54.4 Å². The minimum absolute atomic E-state index is 0.0382. The molecule has 1 atom stereocenters. The van der Waals surface area contributed by atoms with Crippen LogP contribution in [0.2, 0.25) is 0 Å². The van der Waals surface area contributed by atoms with E-state index in [2.05, 4.69) is 0 Å². The summed E-state index contributed by atoms with van der Waals surface area (Å²) < 4.78 is 5.82. The van der Waals surface area contributed by atoms with E-state index in [9.17, 15) is 9.59 Å². The average molecular weight is 312 g/mol. The van der Waals surface area contributed by atoms with Gasteiger partial charge in [-0.05, 0) is 29.8 Å². The lowest BCUT2D eigenvalue weighted by molar-refractivity contribution is -0.141. The molecular weight excluding hydrogens is 292 g/mol. The molecule has 2 aromatic carbocycles. The van der Waals surface area contributed by atoms with Crippen LogP contribution in [0.5, 0.6) is 5.75 Å². The van der Waals surface area contributed by atoms with Gasteiger partial charge < -0.3 is 14.5 Å². The van der Waals surface area contributed by atoms with E-state index in [0.29, 0.717) is 31.9 Å². The maximum Gasteiger partial charge on any atom is 0.263 e. The van der Waals surface area contributed by atoms with E-state index >= 15 is 0 Å². The number of piperazine rings is 1. The van der Waals surface area contributed by atoms with Crippen LogP contribution < -0.4 is 4.74 Å². The number of benzene rings is 2. The third kappa shape index (κ3) is 3.44. The van der Waals surface area contributed by atoms with Gasteiger partial charge in [0.15, 0.2) is 6.10 Å². The largest absolute Gasteiger partial charge is 0.481 e. The number of carbonyl (C=O) groups excluding carboxylic acids is 2. The number of rotatable bonds is 4. The van der Waals surface area contributed by atoms with E-state index in [1.54, 1.807) is 16.7 Å². The van der Waals surface area contributed by atoms with Gasteiger partial charge in [0.25, 0.3) is 5.91 Å². The molecular formula is C18H20N2O3. The molecule has 1 heterocycles. The third-order valence-corrected chi connectivity index (χ3v) is 4.16. The number of fused-ring (bicyclic) bond motifs is 1. The van der Waals surface area contributed by atoms with Gasteiger partial charge >= 0.3 is 0 Å². The lowest BCUT2D eigenvalue weighted by Gasteiger charge is -2.34. The van der Waals surface area contributed by atoms with Gasteiger partial charge in [-0.1, -0.05) is 30.3 Å². The van der Waals surface area contributed by atoms with E-state index in [1.807, 2.05) is 42.5 Å². The van der Waals surface area contributed by atoms with E-state index in [4.69, 9.17) is 4.74 Å². The van der Waals surface area contributed by atoms with Crippen molar-refractivity contribution >= 4 is 23.1 Å². The zero-order chi connectivity index (χ0) is 16.2. The SMILES string of the molecule is CC(Oc1ccc2ccccc2c1)C(=O)N1CCN(C=O)CC1. The molecule has 1 unspecified atom stereocenters. The van der Waals surface area contributed by atoms with Crippen molar-refractivity contribution in [2.24, 2.45) is 0 Å². The number of nitrogens with zero attached hydrogens (tertiary/aromatic N) is 2. The number of ether oxygens (including phenoxy) is 1. The summed E-state index contributed by atoms with van der Waals surface area (Å²) in [6.07, 6.45) is 0.288. The van der Waals surface area contributed by atoms with E-state index in [0.717, 1.165) is 17.2 Å². The van der Waals surface area contributed by atoms with Gasteiger partial charge in [0.2, 0.25) is 6.41 Å². The highest BCUT2D eigenvalue weighted by atomic mass is 16.5. The summed E-state index contributed by atoms with van der Waals surface area (Å²) in [6.45, 7) is 4.05. The highest BCUT2D eigenvalue weighted by Gasteiger charge is 2.25. The first-order valence-corrected chi connectivity index (χ1v) is 7.81. The van der Waals surface area contributed by atoms with Crippen LogP contribution in [0, 0.1) is 0 Å². The lowest BCUT2D eigenvalue weighted by atomic mass is 10.1. The Bertz CT molecular complexity index is 708. The molecule has 2 amide bonds. The molecule has 0 aromatic heterocycles. The van der Waals surface area contributed by atoms with E-state index in [-0.39, 0.29) is 5.91 Å². The molecule has 23 heavy (non-hydrogen) atoms. The fourth-order valence-electron chi connectivity index (χ4n) is 2.80. The summed E-state index contributed by atoms with van der Waals surface area (Å²) in [6, 6.07) is 13.9. The first kappa shape index (κ1) is 15.3. The monoisotopic (exact) mass is 312 g/mol. The van der Waals surface area contributed by atoms with Gasteiger partial charge in [-0.25, -0.2) is 0 Å². The fraction of sp³-hybridized carbons (Fsp3) is 0.333. The van der Waals surface area contributed by atoms with Crippen molar-refractivity contribution in [1.82, 2.24) is 9.80 Å². The smallest absolute Gasteiger partial charge is 0.263 e. The zero-order valence-electron chi connectivity index (χ0n) is 13.1. The minimum Gasteiger partial charge on any atom is -0.481 e. The maximum absolute atomic E-state index is 12.5. The highest BCUT2D eigenvalue weighted by Crippen LogP contribution is 2.21. The molecule has 0 aliphatic carbocycles. The van der Waals surface area contributed by atoms with Crippen molar-refractivity contribution in [3.8, 4) is 5.75 Å². The summed E-state index contributed by atoms with van der Waals surface area (Å²) in [5.74, 6) is 0.653. The molecule has 120 valence electrons. The Morgan fingerprint density at radius 1 is 1.09 bits per heavy atom. The van der Waals surface area contributed by atoms with Crippen LogP contribution in [0.4, 0.5) is 0 Å².